The van der Waals surface area contributed by atoms with Gasteiger partial charge in [0.1, 0.15) is 11.4 Å². The van der Waals surface area contributed by atoms with E-state index in [1.165, 1.54) is 32.2 Å². The van der Waals surface area contributed by atoms with Gasteiger partial charge in [-0.1, -0.05) is 12.1 Å². The van der Waals surface area contributed by atoms with Crippen LogP contribution in [-0.4, -0.2) is 24.7 Å². The zero-order valence-electron chi connectivity index (χ0n) is 10.8. The lowest BCUT2D eigenvalue weighted by Crippen LogP contribution is -2.14. The highest BCUT2D eigenvalue weighted by Gasteiger charge is 2.39. The topological polar surface area (TPSA) is 51.3 Å². The third-order valence-corrected chi connectivity index (χ3v) is 2.78. The molecule has 0 aliphatic rings. The van der Waals surface area contributed by atoms with E-state index >= 15 is 0 Å². The summed E-state index contributed by atoms with van der Waals surface area (Å²) >= 11 is 0. The molecule has 2 rings (SSSR count). The number of hydrogen-bond acceptors (Lipinski definition) is 3. The fraction of sp³-hybridized carbons (Fsp3) is 0.308. The average Bonchev–Trinajstić information content (AvgIpc) is 2.78. The van der Waals surface area contributed by atoms with Crippen molar-refractivity contribution >= 4 is 16.9 Å². The van der Waals surface area contributed by atoms with E-state index < -0.39 is 23.4 Å². The first-order valence-electron chi connectivity index (χ1n) is 5.83. The molecular formula is C13H12F3NO3. The largest absolute Gasteiger partial charge is 0.495 e. The van der Waals surface area contributed by atoms with Crippen LogP contribution in [0.4, 0.5) is 13.2 Å². The summed E-state index contributed by atoms with van der Waals surface area (Å²) < 4.78 is 48.8. The average molecular weight is 287 g/mol. The Morgan fingerprint density at radius 1 is 1.35 bits per heavy atom. The molecule has 0 amide bonds. The summed E-state index contributed by atoms with van der Waals surface area (Å²) in [5.74, 6) is -0.789. The molecule has 0 unspecified atom stereocenters. The summed E-state index contributed by atoms with van der Waals surface area (Å²) in [6.45, 7) is 1.52. The number of aromatic amines is 1. The minimum atomic E-state index is -4.69. The van der Waals surface area contributed by atoms with Crippen molar-refractivity contribution in [1.82, 2.24) is 4.98 Å². The number of para-hydroxylation sites is 1. The van der Waals surface area contributed by atoms with Crippen LogP contribution in [0, 0.1) is 0 Å². The Hall–Kier alpha value is -2.18. The summed E-state index contributed by atoms with van der Waals surface area (Å²) in [4.78, 5) is 14.0. The lowest BCUT2D eigenvalue weighted by Gasteiger charge is -2.07. The predicted octanol–water partition coefficient (Wildman–Crippen LogP) is 3.37. The molecule has 108 valence electrons. The van der Waals surface area contributed by atoms with E-state index in [9.17, 15) is 18.0 Å². The molecule has 0 aliphatic carbocycles. The van der Waals surface area contributed by atoms with Gasteiger partial charge in [-0.05, 0) is 13.0 Å². The van der Waals surface area contributed by atoms with Gasteiger partial charge in [-0.2, -0.15) is 13.2 Å². The maximum atomic E-state index is 13.0. The van der Waals surface area contributed by atoms with Gasteiger partial charge in [0.2, 0.25) is 0 Å². The van der Waals surface area contributed by atoms with E-state index in [0.29, 0.717) is 0 Å². The number of alkyl halides is 3. The van der Waals surface area contributed by atoms with E-state index in [0.717, 1.165) is 0 Å². The number of halogens is 3. The fourth-order valence-electron chi connectivity index (χ4n) is 1.99. The molecule has 4 nitrogen and oxygen atoms in total. The van der Waals surface area contributed by atoms with Gasteiger partial charge in [0.05, 0.1) is 24.8 Å². The molecule has 0 fully saturated rings. The molecule has 2 aromatic rings. The highest BCUT2D eigenvalue weighted by molar-refractivity contribution is 6.07. The molecule has 0 aliphatic heterocycles. The van der Waals surface area contributed by atoms with Crippen LogP contribution in [-0.2, 0) is 10.9 Å². The first kappa shape index (κ1) is 14.2. The Morgan fingerprint density at radius 3 is 2.60 bits per heavy atom. The van der Waals surface area contributed by atoms with E-state index in [2.05, 4.69) is 4.98 Å². The number of ether oxygens (including phenoxy) is 2. The standard InChI is InChI=1S/C13H12F3NO3/c1-3-20-12(18)9-7-5-4-6-8(19-2)10(7)17-11(9)13(14,15)16/h4-6,17H,3H2,1-2H3. The first-order chi connectivity index (χ1) is 9.40. The van der Waals surface area contributed by atoms with Crippen LogP contribution in [0.15, 0.2) is 18.2 Å². The molecule has 1 aromatic heterocycles. The molecule has 0 atom stereocenters. The first-order valence-corrected chi connectivity index (χ1v) is 5.83. The van der Waals surface area contributed by atoms with Gasteiger partial charge < -0.3 is 14.5 Å². The maximum absolute atomic E-state index is 13.0. The Balaban J connectivity index is 2.77. The normalized spacial score (nSPS) is 11.7. The van der Waals surface area contributed by atoms with Gasteiger partial charge in [0.25, 0.3) is 0 Å². The molecule has 1 aromatic carbocycles. The Bertz CT molecular complexity index is 646. The Labute approximate surface area is 112 Å². The van der Waals surface area contributed by atoms with Crippen molar-refractivity contribution in [3.05, 3.63) is 29.5 Å². The molecule has 0 radical (unpaired) electrons. The lowest BCUT2D eigenvalue weighted by molar-refractivity contribution is -0.141. The number of rotatable bonds is 3. The van der Waals surface area contributed by atoms with Gasteiger partial charge in [-0.15, -0.1) is 0 Å². The van der Waals surface area contributed by atoms with Crippen molar-refractivity contribution < 1.29 is 27.4 Å². The number of methoxy groups -OCH3 is 1. The summed E-state index contributed by atoms with van der Waals surface area (Å²) in [6, 6.07) is 4.43. The summed E-state index contributed by atoms with van der Waals surface area (Å²) in [6.07, 6.45) is -4.69. The van der Waals surface area contributed by atoms with Crippen molar-refractivity contribution in [2.24, 2.45) is 0 Å². The number of aromatic nitrogens is 1. The molecule has 1 heterocycles. The molecule has 0 saturated heterocycles. The minimum absolute atomic E-state index is 0.00717. The summed E-state index contributed by atoms with van der Waals surface area (Å²) in [5.41, 5.74) is -1.53. The number of esters is 1. The fourth-order valence-corrected chi connectivity index (χ4v) is 1.99. The van der Waals surface area contributed by atoms with Gasteiger partial charge in [-0.3, -0.25) is 0 Å². The minimum Gasteiger partial charge on any atom is -0.495 e. The van der Waals surface area contributed by atoms with Crippen molar-refractivity contribution in [3.8, 4) is 5.75 Å². The van der Waals surface area contributed by atoms with Gasteiger partial charge in [0, 0.05) is 5.39 Å². The van der Waals surface area contributed by atoms with Crippen LogP contribution >= 0.6 is 0 Å². The van der Waals surface area contributed by atoms with E-state index in [-0.39, 0.29) is 23.3 Å². The molecule has 0 bridgehead atoms. The second-order valence-corrected chi connectivity index (χ2v) is 3.98. The molecule has 1 N–H and O–H groups in total. The SMILES string of the molecule is CCOC(=O)c1c(C(F)(F)F)[nH]c2c(OC)cccc12. The highest BCUT2D eigenvalue weighted by atomic mass is 19.4. The molecular weight excluding hydrogens is 275 g/mol. The number of benzene rings is 1. The van der Waals surface area contributed by atoms with Crippen molar-refractivity contribution in [1.29, 1.82) is 0 Å². The van der Waals surface area contributed by atoms with Crippen LogP contribution in [0.3, 0.4) is 0 Å². The van der Waals surface area contributed by atoms with Crippen LogP contribution in [0.2, 0.25) is 0 Å². The quantitative estimate of drug-likeness (QED) is 0.880. The van der Waals surface area contributed by atoms with E-state index in [4.69, 9.17) is 9.47 Å². The predicted molar refractivity (Wildman–Crippen MR) is 65.8 cm³/mol. The molecule has 7 heteroatoms. The maximum Gasteiger partial charge on any atom is 0.432 e. The zero-order chi connectivity index (χ0) is 14.9. The van der Waals surface area contributed by atoms with Crippen LogP contribution in [0.1, 0.15) is 23.0 Å². The smallest absolute Gasteiger partial charge is 0.432 e. The van der Waals surface area contributed by atoms with Gasteiger partial charge >= 0.3 is 12.1 Å². The third kappa shape index (κ3) is 2.31. The second-order valence-electron chi connectivity index (χ2n) is 3.98. The lowest BCUT2D eigenvalue weighted by atomic mass is 10.1. The third-order valence-electron chi connectivity index (χ3n) is 2.78. The Kier molecular flexibility index (Phi) is 3.61. The van der Waals surface area contributed by atoms with E-state index in [1.807, 2.05) is 0 Å². The number of H-pyrrole nitrogens is 1. The van der Waals surface area contributed by atoms with Crippen LogP contribution < -0.4 is 4.74 Å². The number of carbonyl (C=O) groups is 1. The van der Waals surface area contributed by atoms with Crippen LogP contribution in [0.25, 0.3) is 10.9 Å². The number of fused-ring (bicyclic) bond motifs is 1. The molecule has 20 heavy (non-hydrogen) atoms. The summed E-state index contributed by atoms with van der Waals surface area (Å²) in [5, 5.41) is 0.120. The van der Waals surface area contributed by atoms with Crippen LogP contribution in [0.5, 0.6) is 5.75 Å². The summed E-state index contributed by atoms with van der Waals surface area (Å²) in [7, 11) is 1.34. The number of carbonyl (C=O) groups excluding carboxylic acids is 1. The molecule has 0 spiro atoms. The van der Waals surface area contributed by atoms with Crippen molar-refractivity contribution in [2.45, 2.75) is 13.1 Å². The van der Waals surface area contributed by atoms with Crippen molar-refractivity contribution in [2.75, 3.05) is 13.7 Å². The molecule has 0 saturated carbocycles. The van der Waals surface area contributed by atoms with Gasteiger partial charge in [0.15, 0.2) is 0 Å². The highest BCUT2D eigenvalue weighted by Crippen LogP contribution is 2.38. The second kappa shape index (κ2) is 5.07. The van der Waals surface area contributed by atoms with Gasteiger partial charge in [-0.25, -0.2) is 4.79 Å². The van der Waals surface area contributed by atoms with E-state index in [1.54, 1.807) is 0 Å². The monoisotopic (exact) mass is 287 g/mol. The van der Waals surface area contributed by atoms with Crippen molar-refractivity contribution in [3.63, 3.8) is 0 Å². The number of nitrogens with one attached hydrogen (secondary N) is 1. The number of hydrogen-bond donors (Lipinski definition) is 1. The zero-order valence-corrected chi connectivity index (χ0v) is 10.8. The Morgan fingerprint density at radius 2 is 2.05 bits per heavy atom.